The zero-order valence-electron chi connectivity index (χ0n) is 10.6. The summed E-state index contributed by atoms with van der Waals surface area (Å²) in [5.41, 5.74) is 6.06. The van der Waals surface area contributed by atoms with Crippen LogP contribution in [0.3, 0.4) is 0 Å². The molecule has 0 aromatic rings. The summed E-state index contributed by atoms with van der Waals surface area (Å²) in [5, 5.41) is 0. The molecule has 2 N–H and O–H groups in total. The Morgan fingerprint density at radius 1 is 1.24 bits per heavy atom. The quantitative estimate of drug-likeness (QED) is 0.811. The molecule has 0 amide bonds. The maximum absolute atomic E-state index is 11.1. The molecule has 0 saturated carbocycles. The number of hydrogen-bond acceptors (Lipinski definition) is 4. The molecule has 2 unspecified atom stereocenters. The Hall–Kier alpha value is -0.130. The zero-order chi connectivity index (χ0) is 12.5. The number of piperidine rings is 2. The van der Waals surface area contributed by atoms with Crippen molar-refractivity contribution in [2.45, 2.75) is 56.7 Å². The van der Waals surface area contributed by atoms with Gasteiger partial charge < -0.3 is 5.73 Å². The Bertz CT molecular complexity index is 342. The minimum atomic E-state index is -2.81. The Labute approximate surface area is 104 Å². The van der Waals surface area contributed by atoms with E-state index >= 15 is 0 Å². The third-order valence-electron chi connectivity index (χ3n) is 4.09. The van der Waals surface area contributed by atoms with Gasteiger partial charge in [0, 0.05) is 24.4 Å². The second kappa shape index (κ2) is 5.24. The lowest BCUT2D eigenvalue weighted by molar-refractivity contribution is 0.0320. The van der Waals surface area contributed by atoms with Crippen LogP contribution in [0.2, 0.25) is 0 Å². The highest BCUT2D eigenvalue weighted by molar-refractivity contribution is 7.90. The van der Waals surface area contributed by atoms with Crippen molar-refractivity contribution in [1.29, 1.82) is 0 Å². The van der Waals surface area contributed by atoms with Crippen LogP contribution in [0.15, 0.2) is 0 Å². The normalized spacial score (nSPS) is 34.8. The standard InChI is InChI=1S/C12H24N2O2S/c1-17(15,16)7-3-6-14-11-4-2-5-12(14)9-10(13)8-11/h10-12H,2-9,13H2,1H3. The van der Waals surface area contributed by atoms with Crippen molar-refractivity contribution in [1.82, 2.24) is 4.90 Å². The number of nitrogens with two attached hydrogens (primary N) is 1. The minimum absolute atomic E-state index is 0.314. The molecule has 2 aliphatic heterocycles. The summed E-state index contributed by atoms with van der Waals surface area (Å²) in [6.07, 6.45) is 8.06. The SMILES string of the molecule is CS(=O)(=O)CCCN1C2CCCC1CC(N)C2. The highest BCUT2D eigenvalue weighted by atomic mass is 32.2. The van der Waals surface area contributed by atoms with Crippen LogP contribution in [0, 0.1) is 0 Å². The molecule has 0 radical (unpaired) electrons. The highest BCUT2D eigenvalue weighted by Crippen LogP contribution is 2.33. The van der Waals surface area contributed by atoms with Gasteiger partial charge in [0.1, 0.15) is 9.84 Å². The van der Waals surface area contributed by atoms with Crippen LogP contribution >= 0.6 is 0 Å². The predicted molar refractivity (Wildman–Crippen MR) is 69.7 cm³/mol. The molecule has 2 atom stereocenters. The molecular formula is C12H24N2O2S. The number of rotatable bonds is 4. The molecule has 100 valence electrons. The molecule has 2 rings (SSSR count). The lowest BCUT2D eigenvalue weighted by Gasteiger charge is -2.48. The van der Waals surface area contributed by atoms with Crippen LogP contribution in [-0.4, -0.2) is 50.0 Å². The van der Waals surface area contributed by atoms with Gasteiger partial charge in [-0.05, 0) is 38.6 Å². The van der Waals surface area contributed by atoms with Crippen molar-refractivity contribution >= 4 is 9.84 Å². The summed E-state index contributed by atoms with van der Waals surface area (Å²) in [7, 11) is -2.81. The lowest BCUT2D eigenvalue weighted by atomic mass is 9.82. The lowest BCUT2D eigenvalue weighted by Crippen LogP contribution is -2.55. The number of nitrogens with zero attached hydrogens (tertiary/aromatic N) is 1. The summed E-state index contributed by atoms with van der Waals surface area (Å²) in [6, 6.07) is 1.57. The van der Waals surface area contributed by atoms with Crippen LogP contribution < -0.4 is 5.73 Å². The first-order valence-electron chi connectivity index (χ1n) is 6.65. The highest BCUT2D eigenvalue weighted by Gasteiger charge is 2.36. The van der Waals surface area contributed by atoms with E-state index in [2.05, 4.69) is 4.90 Å². The van der Waals surface area contributed by atoms with Crippen molar-refractivity contribution in [3.05, 3.63) is 0 Å². The molecule has 0 aromatic carbocycles. The number of sulfone groups is 1. The zero-order valence-corrected chi connectivity index (χ0v) is 11.5. The summed E-state index contributed by atoms with van der Waals surface area (Å²) in [5.74, 6) is 0.314. The van der Waals surface area contributed by atoms with Crippen LogP contribution in [0.5, 0.6) is 0 Å². The molecule has 0 aromatic heterocycles. The van der Waals surface area contributed by atoms with Crippen molar-refractivity contribution in [3.8, 4) is 0 Å². The van der Waals surface area contributed by atoms with Gasteiger partial charge in [-0.1, -0.05) is 6.42 Å². The fourth-order valence-electron chi connectivity index (χ4n) is 3.40. The second-order valence-corrected chi connectivity index (χ2v) is 7.95. The van der Waals surface area contributed by atoms with Gasteiger partial charge in [-0.3, -0.25) is 4.90 Å². The molecule has 0 aliphatic carbocycles. The van der Waals surface area contributed by atoms with E-state index in [1.807, 2.05) is 0 Å². The van der Waals surface area contributed by atoms with Gasteiger partial charge in [-0.15, -0.1) is 0 Å². The molecule has 2 aliphatic rings. The molecule has 0 spiro atoms. The summed E-state index contributed by atoms with van der Waals surface area (Å²) < 4.78 is 22.3. The van der Waals surface area contributed by atoms with E-state index in [1.165, 1.54) is 25.5 Å². The van der Waals surface area contributed by atoms with E-state index in [-0.39, 0.29) is 0 Å². The molecule has 17 heavy (non-hydrogen) atoms. The largest absolute Gasteiger partial charge is 0.328 e. The maximum Gasteiger partial charge on any atom is 0.147 e. The van der Waals surface area contributed by atoms with E-state index in [0.717, 1.165) is 25.8 Å². The summed E-state index contributed by atoms with van der Waals surface area (Å²) in [4.78, 5) is 2.53. The number of hydrogen-bond donors (Lipinski definition) is 1. The number of fused-ring (bicyclic) bond motifs is 2. The molecule has 2 bridgehead atoms. The Morgan fingerprint density at radius 3 is 2.35 bits per heavy atom. The van der Waals surface area contributed by atoms with Crippen molar-refractivity contribution < 1.29 is 8.42 Å². The van der Waals surface area contributed by atoms with Crippen molar-refractivity contribution in [3.63, 3.8) is 0 Å². The van der Waals surface area contributed by atoms with Gasteiger partial charge in [0.25, 0.3) is 0 Å². The molecule has 2 saturated heterocycles. The van der Waals surface area contributed by atoms with Crippen LogP contribution in [0.25, 0.3) is 0 Å². The average molecular weight is 260 g/mol. The van der Waals surface area contributed by atoms with E-state index in [9.17, 15) is 8.42 Å². The first-order chi connectivity index (χ1) is 7.96. The maximum atomic E-state index is 11.1. The van der Waals surface area contributed by atoms with Gasteiger partial charge >= 0.3 is 0 Å². The van der Waals surface area contributed by atoms with E-state index < -0.39 is 9.84 Å². The molecule has 5 heteroatoms. The van der Waals surface area contributed by atoms with Gasteiger partial charge in [-0.25, -0.2) is 8.42 Å². The van der Waals surface area contributed by atoms with Crippen LogP contribution in [0.4, 0.5) is 0 Å². The van der Waals surface area contributed by atoms with Gasteiger partial charge in [0.2, 0.25) is 0 Å². The first kappa shape index (κ1) is 13.3. The van der Waals surface area contributed by atoms with E-state index in [4.69, 9.17) is 5.73 Å². The van der Waals surface area contributed by atoms with E-state index in [1.54, 1.807) is 0 Å². The topological polar surface area (TPSA) is 63.4 Å². The average Bonchev–Trinajstić information content (AvgIpc) is 2.17. The minimum Gasteiger partial charge on any atom is -0.328 e. The molecular weight excluding hydrogens is 236 g/mol. The Kier molecular flexibility index (Phi) is 4.10. The smallest absolute Gasteiger partial charge is 0.147 e. The third-order valence-corrected chi connectivity index (χ3v) is 5.12. The van der Waals surface area contributed by atoms with Gasteiger partial charge in [-0.2, -0.15) is 0 Å². The predicted octanol–water partition coefficient (Wildman–Crippen LogP) is 0.765. The Balaban J connectivity index is 1.87. The molecule has 4 nitrogen and oxygen atoms in total. The monoisotopic (exact) mass is 260 g/mol. The Morgan fingerprint density at radius 2 is 1.82 bits per heavy atom. The van der Waals surface area contributed by atoms with E-state index in [0.29, 0.717) is 23.9 Å². The third kappa shape index (κ3) is 3.66. The fourth-order valence-corrected chi connectivity index (χ4v) is 4.05. The van der Waals surface area contributed by atoms with Crippen LogP contribution in [0.1, 0.15) is 38.5 Å². The van der Waals surface area contributed by atoms with Gasteiger partial charge in [0.05, 0.1) is 5.75 Å². The first-order valence-corrected chi connectivity index (χ1v) is 8.71. The molecule has 2 fully saturated rings. The van der Waals surface area contributed by atoms with Gasteiger partial charge in [0.15, 0.2) is 0 Å². The summed E-state index contributed by atoms with van der Waals surface area (Å²) in [6.45, 7) is 0.926. The second-order valence-electron chi connectivity index (χ2n) is 5.69. The molecule has 2 heterocycles. The summed E-state index contributed by atoms with van der Waals surface area (Å²) >= 11 is 0. The van der Waals surface area contributed by atoms with Crippen molar-refractivity contribution in [2.24, 2.45) is 5.73 Å². The van der Waals surface area contributed by atoms with Crippen LogP contribution in [-0.2, 0) is 9.84 Å². The fraction of sp³-hybridized carbons (Fsp3) is 1.00. The van der Waals surface area contributed by atoms with Crippen molar-refractivity contribution in [2.75, 3.05) is 18.6 Å².